The predicted molar refractivity (Wildman–Crippen MR) is 87.6 cm³/mol. The number of amides is 1. The van der Waals surface area contributed by atoms with Crippen LogP contribution in [0.4, 0.5) is 0 Å². The van der Waals surface area contributed by atoms with Gasteiger partial charge < -0.3 is 10.6 Å². The molecule has 1 aliphatic heterocycles. The number of hydrogen-bond donors (Lipinski definition) is 1. The molecule has 0 saturated carbocycles. The van der Waals surface area contributed by atoms with Crippen molar-refractivity contribution < 1.29 is 4.79 Å². The van der Waals surface area contributed by atoms with Crippen LogP contribution in [0, 0.1) is 0 Å². The number of halogens is 1. The second kappa shape index (κ2) is 6.46. The van der Waals surface area contributed by atoms with Crippen LogP contribution in [-0.2, 0) is 4.79 Å². The fourth-order valence-electron chi connectivity index (χ4n) is 2.86. The summed E-state index contributed by atoms with van der Waals surface area (Å²) in [5.74, 6) is -0.125. The molecule has 4 heteroatoms. The summed E-state index contributed by atoms with van der Waals surface area (Å²) in [7, 11) is 0. The smallest absolute Gasteiger partial charge is 0.260 e. The Hall–Kier alpha value is -1.58. The molecule has 1 amide bonds. The molecule has 2 rings (SSSR count). The largest absolute Gasteiger partial charge is 0.326 e. The highest BCUT2D eigenvalue weighted by molar-refractivity contribution is 6.35. The Balaban J connectivity index is 2.51. The Morgan fingerprint density at radius 1 is 1.62 bits per heavy atom. The minimum absolute atomic E-state index is 0.0805. The molecule has 0 aromatic rings. The number of hydrogen-bond acceptors (Lipinski definition) is 2. The number of carbonyl (C=O) groups is 1. The average Bonchev–Trinajstić information content (AvgIpc) is 2.46. The van der Waals surface area contributed by atoms with Crippen molar-refractivity contribution in [3.8, 4) is 0 Å². The Bertz CT molecular complexity index is 569. The van der Waals surface area contributed by atoms with Crippen LogP contribution < -0.4 is 5.73 Å². The van der Waals surface area contributed by atoms with E-state index in [1.165, 1.54) is 0 Å². The third-order valence-electron chi connectivity index (χ3n) is 3.94. The molecule has 0 aromatic carbocycles. The van der Waals surface area contributed by atoms with E-state index in [1.807, 2.05) is 19.1 Å². The topological polar surface area (TPSA) is 46.3 Å². The van der Waals surface area contributed by atoms with Crippen molar-refractivity contribution in [2.24, 2.45) is 5.73 Å². The highest BCUT2D eigenvalue weighted by atomic mass is 35.5. The minimum atomic E-state index is -0.138. The molecule has 1 unspecified atom stereocenters. The first-order valence-corrected chi connectivity index (χ1v) is 7.50. The number of rotatable bonds is 4. The van der Waals surface area contributed by atoms with E-state index >= 15 is 0 Å². The summed E-state index contributed by atoms with van der Waals surface area (Å²) in [5.41, 5.74) is 8.38. The molecule has 0 spiro atoms. The standard InChI is InChI=1S/C17H21ClN2O/c1-4-13-10-15(12(3)19)20(14-8-6-5-7-9-14)17(21)16(13)11(2)18/h4-6,8,12,15H,1-2,7,9-10,19H2,3H3/t12-,15?/m0/s1. The van der Waals surface area contributed by atoms with E-state index in [0.717, 1.165) is 24.1 Å². The summed E-state index contributed by atoms with van der Waals surface area (Å²) in [4.78, 5) is 14.7. The van der Waals surface area contributed by atoms with Gasteiger partial charge in [-0.3, -0.25) is 4.79 Å². The van der Waals surface area contributed by atoms with E-state index < -0.39 is 0 Å². The highest BCUT2D eigenvalue weighted by Gasteiger charge is 2.37. The van der Waals surface area contributed by atoms with Gasteiger partial charge >= 0.3 is 0 Å². The lowest BCUT2D eigenvalue weighted by Crippen LogP contribution is -2.52. The predicted octanol–water partition coefficient (Wildman–Crippen LogP) is 3.40. The summed E-state index contributed by atoms with van der Waals surface area (Å²) < 4.78 is 0. The summed E-state index contributed by atoms with van der Waals surface area (Å²) in [6, 6.07) is -0.219. The minimum Gasteiger partial charge on any atom is -0.326 e. The number of allylic oxidation sites excluding steroid dienone is 5. The monoisotopic (exact) mass is 304 g/mol. The van der Waals surface area contributed by atoms with Crippen LogP contribution in [0.25, 0.3) is 0 Å². The van der Waals surface area contributed by atoms with Gasteiger partial charge in [-0.25, -0.2) is 0 Å². The van der Waals surface area contributed by atoms with Crippen molar-refractivity contribution in [2.45, 2.75) is 38.3 Å². The molecule has 2 N–H and O–H groups in total. The molecular formula is C17H21ClN2O. The maximum absolute atomic E-state index is 12.9. The molecule has 0 fully saturated rings. The molecule has 1 heterocycles. The van der Waals surface area contributed by atoms with Crippen molar-refractivity contribution >= 4 is 17.5 Å². The molecule has 2 aliphatic rings. The van der Waals surface area contributed by atoms with Crippen molar-refractivity contribution in [1.29, 1.82) is 0 Å². The second-order valence-corrected chi connectivity index (χ2v) is 5.90. The first-order chi connectivity index (χ1) is 9.97. The lowest BCUT2D eigenvalue weighted by molar-refractivity contribution is -0.128. The molecule has 112 valence electrons. The van der Waals surface area contributed by atoms with Crippen LogP contribution in [0.1, 0.15) is 26.2 Å². The zero-order valence-corrected chi connectivity index (χ0v) is 13.1. The molecule has 2 atom stereocenters. The van der Waals surface area contributed by atoms with E-state index in [9.17, 15) is 4.79 Å². The van der Waals surface area contributed by atoms with Crippen molar-refractivity contribution in [3.05, 3.63) is 59.3 Å². The third-order valence-corrected chi connectivity index (χ3v) is 4.13. The van der Waals surface area contributed by atoms with Gasteiger partial charge in [0.2, 0.25) is 0 Å². The second-order valence-electron chi connectivity index (χ2n) is 5.44. The van der Waals surface area contributed by atoms with Crippen LogP contribution in [0.2, 0.25) is 0 Å². The zero-order chi connectivity index (χ0) is 15.6. The third kappa shape index (κ3) is 3.04. The van der Waals surface area contributed by atoms with Crippen molar-refractivity contribution in [3.63, 3.8) is 0 Å². The van der Waals surface area contributed by atoms with Gasteiger partial charge in [-0.2, -0.15) is 0 Å². The molecule has 0 bridgehead atoms. The molecule has 0 aromatic heterocycles. The number of nitrogens with two attached hydrogens (primary N) is 1. The summed E-state index contributed by atoms with van der Waals surface area (Å²) in [5, 5.41) is 0.259. The van der Waals surface area contributed by atoms with Gasteiger partial charge in [-0.15, -0.1) is 0 Å². The van der Waals surface area contributed by atoms with Crippen LogP contribution in [0.15, 0.2) is 59.3 Å². The maximum Gasteiger partial charge on any atom is 0.260 e. The fraction of sp³-hybridized carbons (Fsp3) is 0.353. The fourth-order valence-corrected chi connectivity index (χ4v) is 3.06. The van der Waals surface area contributed by atoms with E-state index in [4.69, 9.17) is 17.3 Å². The molecular weight excluding hydrogens is 284 g/mol. The van der Waals surface area contributed by atoms with E-state index in [0.29, 0.717) is 12.0 Å². The highest BCUT2D eigenvalue weighted by Crippen LogP contribution is 2.35. The molecule has 0 radical (unpaired) electrons. The molecule has 21 heavy (non-hydrogen) atoms. The Labute approximate surface area is 131 Å². The van der Waals surface area contributed by atoms with E-state index in [-0.39, 0.29) is 23.0 Å². The van der Waals surface area contributed by atoms with Gasteiger partial charge in [0.25, 0.3) is 5.91 Å². The normalized spacial score (nSPS) is 24.0. The first-order valence-electron chi connectivity index (χ1n) is 7.12. The first kappa shape index (κ1) is 15.8. The van der Waals surface area contributed by atoms with Crippen LogP contribution in [-0.4, -0.2) is 22.9 Å². The van der Waals surface area contributed by atoms with Gasteiger partial charge in [0.05, 0.1) is 11.6 Å². The lowest BCUT2D eigenvalue weighted by atomic mass is 9.88. The molecule has 1 aliphatic carbocycles. The van der Waals surface area contributed by atoms with E-state index in [1.54, 1.807) is 11.0 Å². The van der Waals surface area contributed by atoms with Crippen LogP contribution >= 0.6 is 11.6 Å². The summed E-state index contributed by atoms with van der Waals surface area (Å²) >= 11 is 6.04. The van der Waals surface area contributed by atoms with Crippen LogP contribution in [0.3, 0.4) is 0 Å². The van der Waals surface area contributed by atoms with Crippen LogP contribution in [0.5, 0.6) is 0 Å². The summed E-state index contributed by atoms with van der Waals surface area (Å²) in [6.45, 7) is 9.43. The molecule has 0 saturated heterocycles. The summed E-state index contributed by atoms with van der Waals surface area (Å²) in [6.07, 6.45) is 10.1. The lowest BCUT2D eigenvalue weighted by Gasteiger charge is -2.41. The zero-order valence-electron chi connectivity index (χ0n) is 12.3. The van der Waals surface area contributed by atoms with Gasteiger partial charge in [-0.05, 0) is 37.8 Å². The Morgan fingerprint density at radius 3 is 2.81 bits per heavy atom. The van der Waals surface area contributed by atoms with Crippen molar-refractivity contribution in [1.82, 2.24) is 4.90 Å². The SMILES string of the molecule is C=CC1=C(C(=C)Cl)C(=O)N(C2=CC=CCC2)C([C@H](C)N)C1. The van der Waals surface area contributed by atoms with Gasteiger partial charge in [-0.1, -0.05) is 43.0 Å². The Morgan fingerprint density at radius 2 is 2.33 bits per heavy atom. The average molecular weight is 305 g/mol. The van der Waals surface area contributed by atoms with Gasteiger partial charge in [0.15, 0.2) is 0 Å². The quantitative estimate of drug-likeness (QED) is 0.865. The van der Waals surface area contributed by atoms with Crippen molar-refractivity contribution in [2.75, 3.05) is 0 Å². The molecule has 3 nitrogen and oxygen atoms in total. The van der Waals surface area contributed by atoms with Gasteiger partial charge in [0, 0.05) is 16.8 Å². The van der Waals surface area contributed by atoms with Gasteiger partial charge in [0.1, 0.15) is 0 Å². The maximum atomic E-state index is 12.9. The Kier molecular flexibility index (Phi) is 4.86. The number of carbonyl (C=O) groups excluding carboxylic acids is 1. The number of nitrogens with zero attached hydrogens (tertiary/aromatic N) is 1. The van der Waals surface area contributed by atoms with E-state index in [2.05, 4.69) is 19.2 Å².